The van der Waals surface area contributed by atoms with Gasteiger partial charge in [0, 0.05) is 36.8 Å². The molecule has 0 radical (unpaired) electrons. The maximum atomic E-state index is 13.5. The van der Waals surface area contributed by atoms with E-state index < -0.39 is 0 Å². The number of carbonyl (C=O) groups is 1. The first-order valence-corrected chi connectivity index (χ1v) is 7.73. The Balaban J connectivity index is 1.71. The van der Waals surface area contributed by atoms with Gasteiger partial charge in [-0.3, -0.25) is 9.78 Å². The molecule has 124 valence electrons. The summed E-state index contributed by atoms with van der Waals surface area (Å²) in [6.45, 7) is 0.361. The summed E-state index contributed by atoms with van der Waals surface area (Å²) in [6, 6.07) is 13.2. The largest absolute Gasteiger partial charge is 0.463 e. The number of pyridine rings is 1. The Morgan fingerprint density at radius 2 is 2.00 bits per heavy atom. The zero-order valence-corrected chi connectivity index (χ0v) is 13.1. The summed E-state index contributed by atoms with van der Waals surface area (Å²) in [6.07, 6.45) is 4.78. The number of halogens is 1. The zero-order valence-electron chi connectivity index (χ0n) is 13.1. The molecular formula is C19H14FN3O2. The second kappa shape index (κ2) is 6.24. The van der Waals surface area contributed by atoms with Crippen molar-refractivity contribution in [2.45, 2.75) is 6.54 Å². The van der Waals surface area contributed by atoms with Crippen LogP contribution in [0.3, 0.4) is 0 Å². The van der Waals surface area contributed by atoms with Crippen LogP contribution >= 0.6 is 0 Å². The lowest BCUT2D eigenvalue weighted by Crippen LogP contribution is -2.17. The molecule has 1 amide bonds. The van der Waals surface area contributed by atoms with E-state index in [2.05, 4.69) is 10.3 Å². The molecule has 0 saturated carbocycles. The molecule has 6 heteroatoms. The van der Waals surface area contributed by atoms with Gasteiger partial charge in [-0.25, -0.2) is 4.39 Å². The van der Waals surface area contributed by atoms with Crippen LogP contribution < -0.4 is 5.32 Å². The monoisotopic (exact) mass is 335 g/mol. The average molecular weight is 335 g/mol. The van der Waals surface area contributed by atoms with Crippen LogP contribution in [0, 0.1) is 5.82 Å². The zero-order chi connectivity index (χ0) is 17.2. The van der Waals surface area contributed by atoms with Crippen LogP contribution in [0.4, 0.5) is 10.1 Å². The molecule has 4 rings (SSSR count). The molecule has 25 heavy (non-hydrogen) atoms. The summed E-state index contributed by atoms with van der Waals surface area (Å²) < 4.78 is 20.7. The van der Waals surface area contributed by atoms with Gasteiger partial charge in [0.25, 0.3) is 5.91 Å². The van der Waals surface area contributed by atoms with Crippen molar-refractivity contribution in [3.63, 3.8) is 0 Å². The summed E-state index contributed by atoms with van der Waals surface area (Å²) in [5.41, 5.74) is 3.24. The fourth-order valence-electron chi connectivity index (χ4n) is 2.78. The summed E-state index contributed by atoms with van der Waals surface area (Å²) in [7, 11) is 0. The van der Waals surface area contributed by atoms with E-state index in [1.165, 1.54) is 12.1 Å². The van der Waals surface area contributed by atoms with Crippen LogP contribution in [0.15, 0.2) is 71.6 Å². The molecule has 1 N–H and O–H groups in total. The Morgan fingerprint density at radius 3 is 2.80 bits per heavy atom. The molecule has 3 heterocycles. The number of carbonyl (C=O) groups excluding carboxylic acids is 1. The van der Waals surface area contributed by atoms with E-state index in [9.17, 15) is 9.18 Å². The first-order chi connectivity index (χ1) is 12.2. The maximum absolute atomic E-state index is 13.5. The van der Waals surface area contributed by atoms with E-state index >= 15 is 0 Å². The number of furan rings is 1. The molecule has 0 unspecified atom stereocenters. The van der Waals surface area contributed by atoms with Gasteiger partial charge in [0.1, 0.15) is 11.5 Å². The highest BCUT2D eigenvalue weighted by Gasteiger charge is 2.18. The van der Waals surface area contributed by atoms with Gasteiger partial charge in [0.15, 0.2) is 5.58 Å². The summed E-state index contributed by atoms with van der Waals surface area (Å²) in [5, 5.41) is 2.83. The second-order valence-electron chi connectivity index (χ2n) is 5.61. The number of fused-ring (bicyclic) bond motifs is 1. The van der Waals surface area contributed by atoms with Crippen molar-refractivity contribution in [3.8, 4) is 0 Å². The van der Waals surface area contributed by atoms with Crippen molar-refractivity contribution in [1.29, 1.82) is 0 Å². The van der Waals surface area contributed by atoms with E-state index in [1.807, 2.05) is 10.6 Å². The molecule has 0 saturated heterocycles. The number of benzene rings is 1. The lowest BCUT2D eigenvalue weighted by Gasteiger charge is -2.11. The van der Waals surface area contributed by atoms with Gasteiger partial charge in [-0.2, -0.15) is 0 Å². The van der Waals surface area contributed by atoms with Crippen molar-refractivity contribution in [2.75, 3.05) is 5.32 Å². The smallest absolute Gasteiger partial charge is 0.272 e. The highest BCUT2D eigenvalue weighted by atomic mass is 19.1. The standard InChI is InChI=1S/C19H14FN3O2/c20-14-3-1-2-13(10-14)12-23-16-6-9-25-18(16)11-17(23)19(24)22-15-4-7-21-8-5-15/h1-11H,12H2,(H,21,22,24). The normalized spacial score (nSPS) is 10.9. The fraction of sp³-hybridized carbons (Fsp3) is 0.0526. The maximum Gasteiger partial charge on any atom is 0.272 e. The number of nitrogens with zero attached hydrogens (tertiary/aromatic N) is 2. The van der Waals surface area contributed by atoms with Crippen molar-refractivity contribution < 1.29 is 13.6 Å². The van der Waals surface area contributed by atoms with Crippen LogP contribution in [0.5, 0.6) is 0 Å². The van der Waals surface area contributed by atoms with Crippen LogP contribution in [-0.4, -0.2) is 15.5 Å². The average Bonchev–Trinajstić information content (AvgIpc) is 3.19. The Bertz CT molecular complexity index is 1040. The molecule has 0 aliphatic heterocycles. The number of rotatable bonds is 4. The molecule has 0 spiro atoms. The molecular weight excluding hydrogens is 321 g/mol. The number of hydrogen-bond donors (Lipinski definition) is 1. The third kappa shape index (κ3) is 3.01. The summed E-state index contributed by atoms with van der Waals surface area (Å²) >= 11 is 0. The number of amides is 1. The van der Waals surface area contributed by atoms with Crippen LogP contribution in [0.2, 0.25) is 0 Å². The molecule has 3 aromatic heterocycles. The fourth-order valence-corrected chi connectivity index (χ4v) is 2.78. The van der Waals surface area contributed by atoms with E-state index in [0.717, 1.165) is 11.1 Å². The van der Waals surface area contributed by atoms with Gasteiger partial charge in [-0.15, -0.1) is 0 Å². The number of hydrogen-bond acceptors (Lipinski definition) is 3. The van der Waals surface area contributed by atoms with Gasteiger partial charge in [-0.1, -0.05) is 12.1 Å². The molecule has 0 aliphatic rings. The Kier molecular flexibility index (Phi) is 3.78. The topological polar surface area (TPSA) is 60.1 Å². The van der Waals surface area contributed by atoms with Crippen molar-refractivity contribution >= 4 is 22.7 Å². The van der Waals surface area contributed by atoms with E-state index in [-0.39, 0.29) is 11.7 Å². The lowest BCUT2D eigenvalue weighted by atomic mass is 10.2. The summed E-state index contributed by atoms with van der Waals surface area (Å²) in [5.74, 6) is -0.579. The van der Waals surface area contributed by atoms with Gasteiger partial charge in [-0.05, 0) is 29.8 Å². The minimum absolute atomic E-state index is 0.269. The van der Waals surface area contributed by atoms with Gasteiger partial charge in [0.2, 0.25) is 0 Å². The van der Waals surface area contributed by atoms with Crippen molar-refractivity contribution in [3.05, 3.63) is 84.3 Å². The van der Waals surface area contributed by atoms with Gasteiger partial charge >= 0.3 is 0 Å². The van der Waals surface area contributed by atoms with Crippen molar-refractivity contribution in [2.24, 2.45) is 0 Å². The van der Waals surface area contributed by atoms with Crippen LogP contribution in [-0.2, 0) is 6.54 Å². The second-order valence-corrected chi connectivity index (χ2v) is 5.61. The van der Waals surface area contributed by atoms with Crippen LogP contribution in [0.1, 0.15) is 16.1 Å². The Morgan fingerprint density at radius 1 is 1.16 bits per heavy atom. The predicted octanol–water partition coefficient (Wildman–Crippen LogP) is 4.07. The molecule has 4 aromatic rings. The lowest BCUT2D eigenvalue weighted by molar-refractivity contribution is 0.101. The van der Waals surface area contributed by atoms with Crippen LogP contribution in [0.25, 0.3) is 11.1 Å². The minimum atomic E-state index is -0.309. The third-order valence-corrected chi connectivity index (χ3v) is 3.92. The predicted molar refractivity (Wildman–Crippen MR) is 91.9 cm³/mol. The first-order valence-electron chi connectivity index (χ1n) is 7.73. The third-order valence-electron chi connectivity index (χ3n) is 3.92. The number of nitrogens with one attached hydrogen (secondary N) is 1. The minimum Gasteiger partial charge on any atom is -0.463 e. The first kappa shape index (κ1) is 15.1. The molecule has 0 atom stereocenters. The van der Waals surface area contributed by atoms with E-state index in [0.29, 0.717) is 23.5 Å². The van der Waals surface area contributed by atoms with E-state index in [4.69, 9.17) is 4.42 Å². The Hall–Kier alpha value is -3.41. The SMILES string of the molecule is O=C(Nc1ccncc1)c1cc2occc2n1Cc1cccc(F)c1. The highest BCUT2D eigenvalue weighted by molar-refractivity contribution is 6.05. The molecule has 5 nitrogen and oxygen atoms in total. The van der Waals surface area contributed by atoms with Gasteiger partial charge < -0.3 is 14.3 Å². The molecule has 1 aromatic carbocycles. The van der Waals surface area contributed by atoms with Gasteiger partial charge in [0.05, 0.1) is 11.8 Å². The Labute approximate surface area is 142 Å². The molecule has 0 fully saturated rings. The molecule has 0 bridgehead atoms. The molecule has 0 aliphatic carbocycles. The number of anilines is 1. The summed E-state index contributed by atoms with van der Waals surface area (Å²) in [4.78, 5) is 16.6. The van der Waals surface area contributed by atoms with Crippen molar-refractivity contribution in [1.82, 2.24) is 9.55 Å². The quantitative estimate of drug-likeness (QED) is 0.611. The number of aromatic nitrogens is 2. The van der Waals surface area contributed by atoms with E-state index in [1.54, 1.807) is 49.0 Å². The highest BCUT2D eigenvalue weighted by Crippen LogP contribution is 2.23.